The number of aromatic nitrogens is 3. The lowest BCUT2D eigenvalue weighted by Gasteiger charge is -2.35. The highest BCUT2D eigenvalue weighted by Crippen LogP contribution is 2.44. The number of hydrogen-bond acceptors (Lipinski definition) is 6. The number of ether oxygens (including phenoxy) is 2. The lowest BCUT2D eigenvalue weighted by atomic mass is 9.78. The molecule has 1 aromatic heterocycles. The molecule has 3 aromatic rings. The van der Waals surface area contributed by atoms with Crippen molar-refractivity contribution in [1.82, 2.24) is 14.8 Å². The first-order valence-electron chi connectivity index (χ1n) is 9.99. The van der Waals surface area contributed by atoms with Gasteiger partial charge in [-0.1, -0.05) is 29.8 Å². The van der Waals surface area contributed by atoms with E-state index in [0.29, 0.717) is 35.3 Å². The van der Waals surface area contributed by atoms with Crippen molar-refractivity contribution < 1.29 is 14.3 Å². The SMILES string of the molecule is COc1ccc(C2CC(=O)C3=C(C2)Nc2ncnn2C3c2ccc(Cl)cc2)cc1OC. The largest absolute Gasteiger partial charge is 0.493 e. The number of nitrogens with zero attached hydrogens (tertiary/aromatic N) is 3. The molecule has 2 aromatic carbocycles. The molecule has 2 atom stereocenters. The van der Waals surface area contributed by atoms with Crippen molar-refractivity contribution in [2.75, 3.05) is 19.5 Å². The number of rotatable bonds is 4. The van der Waals surface area contributed by atoms with Gasteiger partial charge in [-0.15, -0.1) is 0 Å². The number of carbonyl (C=O) groups is 1. The van der Waals surface area contributed by atoms with E-state index < -0.39 is 0 Å². The minimum atomic E-state index is -0.329. The smallest absolute Gasteiger partial charge is 0.226 e. The second-order valence-corrected chi connectivity index (χ2v) is 8.08. The zero-order valence-electron chi connectivity index (χ0n) is 17.1. The van der Waals surface area contributed by atoms with E-state index in [-0.39, 0.29) is 17.7 Å². The van der Waals surface area contributed by atoms with Gasteiger partial charge in [0.15, 0.2) is 17.3 Å². The Morgan fingerprint density at radius 1 is 1.03 bits per heavy atom. The van der Waals surface area contributed by atoms with Crippen LogP contribution >= 0.6 is 11.6 Å². The minimum Gasteiger partial charge on any atom is -0.493 e. The van der Waals surface area contributed by atoms with Crippen molar-refractivity contribution in [3.63, 3.8) is 0 Å². The molecule has 1 N–H and O–H groups in total. The fraction of sp³-hybridized carbons (Fsp3) is 0.261. The van der Waals surface area contributed by atoms with Gasteiger partial charge in [-0.25, -0.2) is 4.68 Å². The first kappa shape index (κ1) is 19.6. The number of benzene rings is 2. The number of anilines is 1. The van der Waals surface area contributed by atoms with Gasteiger partial charge < -0.3 is 14.8 Å². The molecule has 0 saturated heterocycles. The fourth-order valence-electron chi connectivity index (χ4n) is 4.45. The molecule has 1 aliphatic heterocycles. The van der Waals surface area contributed by atoms with Gasteiger partial charge >= 0.3 is 0 Å². The van der Waals surface area contributed by atoms with Crippen LogP contribution in [-0.2, 0) is 4.79 Å². The molecule has 0 radical (unpaired) electrons. The summed E-state index contributed by atoms with van der Waals surface area (Å²) in [6, 6.07) is 13.0. The molecule has 158 valence electrons. The number of ketones is 1. The van der Waals surface area contributed by atoms with Crippen molar-refractivity contribution in [2.24, 2.45) is 0 Å². The summed E-state index contributed by atoms with van der Waals surface area (Å²) in [6.45, 7) is 0. The maximum Gasteiger partial charge on any atom is 0.226 e. The van der Waals surface area contributed by atoms with Crippen LogP contribution in [0.1, 0.15) is 35.9 Å². The number of Topliss-reactive ketones (excluding diaryl/α,β-unsaturated/α-hetero) is 1. The summed E-state index contributed by atoms with van der Waals surface area (Å²) in [7, 11) is 3.22. The zero-order valence-corrected chi connectivity index (χ0v) is 17.9. The molecule has 0 amide bonds. The maximum atomic E-state index is 13.4. The summed E-state index contributed by atoms with van der Waals surface area (Å²) in [4.78, 5) is 17.8. The molecule has 2 heterocycles. The molecule has 7 nitrogen and oxygen atoms in total. The van der Waals surface area contributed by atoms with Crippen LogP contribution < -0.4 is 14.8 Å². The Kier molecular flexibility index (Phi) is 4.90. The van der Waals surface area contributed by atoms with Crippen LogP contribution in [0.15, 0.2) is 60.1 Å². The Bertz CT molecular complexity index is 1190. The number of carbonyl (C=O) groups excluding carboxylic acids is 1. The summed E-state index contributed by atoms with van der Waals surface area (Å²) in [5.41, 5.74) is 3.60. The number of fused-ring (bicyclic) bond motifs is 1. The van der Waals surface area contributed by atoms with Crippen LogP contribution in [-0.4, -0.2) is 34.8 Å². The average molecular weight is 437 g/mol. The van der Waals surface area contributed by atoms with Crippen LogP contribution in [0, 0.1) is 0 Å². The maximum absolute atomic E-state index is 13.4. The minimum absolute atomic E-state index is 0.0268. The third kappa shape index (κ3) is 3.35. The third-order valence-corrected chi connectivity index (χ3v) is 6.18. The second-order valence-electron chi connectivity index (χ2n) is 7.64. The first-order chi connectivity index (χ1) is 15.1. The van der Waals surface area contributed by atoms with Gasteiger partial charge in [0.25, 0.3) is 0 Å². The quantitative estimate of drug-likeness (QED) is 0.654. The second kappa shape index (κ2) is 7.74. The van der Waals surface area contributed by atoms with Crippen molar-refractivity contribution in [1.29, 1.82) is 0 Å². The first-order valence-corrected chi connectivity index (χ1v) is 10.4. The number of hydrogen-bond donors (Lipinski definition) is 1. The average Bonchev–Trinajstić information content (AvgIpc) is 3.26. The van der Waals surface area contributed by atoms with Gasteiger partial charge in [-0.3, -0.25) is 4.79 Å². The van der Waals surface area contributed by atoms with Crippen molar-refractivity contribution >= 4 is 23.3 Å². The van der Waals surface area contributed by atoms with E-state index in [1.54, 1.807) is 18.9 Å². The number of methoxy groups -OCH3 is 2. The van der Waals surface area contributed by atoms with Gasteiger partial charge in [-0.05, 0) is 47.7 Å². The molecule has 1 aliphatic carbocycles. The predicted octanol–water partition coefficient (Wildman–Crippen LogP) is 4.36. The van der Waals surface area contributed by atoms with Crippen molar-refractivity contribution in [3.05, 3.63) is 76.2 Å². The molecule has 2 unspecified atom stereocenters. The van der Waals surface area contributed by atoms with E-state index in [1.807, 2.05) is 42.5 Å². The molecule has 8 heteroatoms. The van der Waals surface area contributed by atoms with Gasteiger partial charge in [0.2, 0.25) is 5.95 Å². The molecule has 0 fully saturated rings. The predicted molar refractivity (Wildman–Crippen MR) is 117 cm³/mol. The Hall–Kier alpha value is -3.32. The molecule has 0 saturated carbocycles. The van der Waals surface area contributed by atoms with Gasteiger partial charge in [-0.2, -0.15) is 10.1 Å². The van der Waals surface area contributed by atoms with E-state index in [1.165, 1.54) is 6.33 Å². The lowest BCUT2D eigenvalue weighted by Crippen LogP contribution is -2.33. The van der Waals surface area contributed by atoms with Gasteiger partial charge in [0.05, 0.1) is 14.2 Å². The highest BCUT2D eigenvalue weighted by Gasteiger charge is 2.39. The highest BCUT2D eigenvalue weighted by atomic mass is 35.5. The van der Waals surface area contributed by atoms with Gasteiger partial charge in [0.1, 0.15) is 12.4 Å². The summed E-state index contributed by atoms with van der Waals surface area (Å²) in [5, 5.41) is 8.36. The summed E-state index contributed by atoms with van der Waals surface area (Å²) in [6.07, 6.45) is 2.59. The van der Waals surface area contributed by atoms with E-state index in [9.17, 15) is 4.79 Å². The summed E-state index contributed by atoms with van der Waals surface area (Å²) in [5.74, 6) is 2.07. The monoisotopic (exact) mass is 436 g/mol. The van der Waals surface area contributed by atoms with Gasteiger partial charge in [0, 0.05) is 22.7 Å². The Labute approximate surface area is 184 Å². The van der Waals surface area contributed by atoms with E-state index in [2.05, 4.69) is 15.4 Å². The van der Waals surface area contributed by atoms with Crippen molar-refractivity contribution in [3.8, 4) is 11.5 Å². The topological polar surface area (TPSA) is 78.3 Å². The number of allylic oxidation sites excluding steroid dienone is 2. The highest BCUT2D eigenvalue weighted by molar-refractivity contribution is 6.30. The van der Waals surface area contributed by atoms with Crippen molar-refractivity contribution in [2.45, 2.75) is 24.8 Å². The van der Waals surface area contributed by atoms with E-state index in [0.717, 1.165) is 22.4 Å². The Morgan fingerprint density at radius 2 is 1.77 bits per heavy atom. The zero-order chi connectivity index (χ0) is 21.5. The van der Waals surface area contributed by atoms with Crippen LogP contribution in [0.5, 0.6) is 11.5 Å². The van der Waals surface area contributed by atoms with E-state index in [4.69, 9.17) is 21.1 Å². The van der Waals surface area contributed by atoms with Crippen LogP contribution in [0.4, 0.5) is 5.95 Å². The lowest BCUT2D eigenvalue weighted by molar-refractivity contribution is -0.116. The number of halogens is 1. The molecular formula is C23H21ClN4O3. The molecule has 31 heavy (non-hydrogen) atoms. The molecular weight excluding hydrogens is 416 g/mol. The molecule has 2 aliphatic rings. The standard InChI is InChI=1S/C23H21ClN4O3/c1-30-19-8-5-14(11-20(19)31-2)15-9-17-21(18(29)10-15)22(13-3-6-16(24)7-4-13)28-23(27-17)25-12-26-28/h3-8,11-12,15,22H,9-10H2,1-2H3,(H,25,26,27). The number of nitrogens with one attached hydrogen (secondary N) is 1. The third-order valence-electron chi connectivity index (χ3n) is 5.93. The molecule has 0 bridgehead atoms. The summed E-state index contributed by atoms with van der Waals surface area (Å²) < 4.78 is 12.6. The van der Waals surface area contributed by atoms with Crippen LogP contribution in [0.2, 0.25) is 5.02 Å². The Balaban J connectivity index is 1.55. The van der Waals surface area contributed by atoms with Crippen LogP contribution in [0.25, 0.3) is 0 Å². The fourth-order valence-corrected chi connectivity index (χ4v) is 4.57. The van der Waals surface area contributed by atoms with E-state index >= 15 is 0 Å². The molecule has 0 spiro atoms. The summed E-state index contributed by atoms with van der Waals surface area (Å²) >= 11 is 6.08. The Morgan fingerprint density at radius 3 is 2.52 bits per heavy atom. The normalized spacial score (nSPS) is 20.0. The molecule has 5 rings (SSSR count). The van der Waals surface area contributed by atoms with Crippen LogP contribution in [0.3, 0.4) is 0 Å².